The third-order valence-corrected chi connectivity index (χ3v) is 17.1. The molecule has 0 aliphatic rings. The summed E-state index contributed by atoms with van der Waals surface area (Å²) in [7, 11) is 0. The molecule has 1 amide bonds. The van der Waals surface area contributed by atoms with Gasteiger partial charge in [-0.25, -0.2) is 0 Å². The molecule has 0 heterocycles. The molecule has 0 aromatic rings. The Hall–Kier alpha value is -2.18. The minimum atomic E-state index is -0.846. The van der Waals surface area contributed by atoms with Gasteiger partial charge in [0.25, 0.3) is 0 Å². The molecule has 6 nitrogen and oxygen atoms in total. The smallest absolute Gasteiger partial charge is 0.305 e. The standard InChI is InChI=1S/C76H143NO5/c1-3-5-7-9-11-13-15-17-19-20-21-35-38-41-44-48-52-56-60-64-68-74(79)73(72-78)77-75(80)69-65-61-57-53-49-45-42-39-36-33-31-29-27-25-23-22-24-26-28-30-32-34-37-40-43-47-51-55-59-63-67-71-82-76(81)70-66-62-58-54-50-46-18-16-14-12-10-8-6-4-2/h16,18,24,26,30,32,64,68,73-74,78-79H,3-15,17,19-23,25,27-29,31,33-63,65-67,69-72H2,1-2H3,(H,77,80)/b18-16-,26-24-,32-30-,68-64+. The second-order valence-corrected chi connectivity index (χ2v) is 25.3. The maximum atomic E-state index is 12.5. The molecule has 0 bridgehead atoms. The molecule has 82 heavy (non-hydrogen) atoms. The van der Waals surface area contributed by atoms with Crippen LogP contribution in [0.2, 0.25) is 0 Å². The molecule has 0 saturated carbocycles. The van der Waals surface area contributed by atoms with E-state index in [1.165, 1.54) is 321 Å². The van der Waals surface area contributed by atoms with E-state index >= 15 is 0 Å². The summed E-state index contributed by atoms with van der Waals surface area (Å²) in [5.41, 5.74) is 0. The Labute approximate surface area is 512 Å². The van der Waals surface area contributed by atoms with Gasteiger partial charge in [-0.05, 0) is 89.9 Å². The first-order chi connectivity index (χ1) is 40.5. The van der Waals surface area contributed by atoms with Crippen LogP contribution in [-0.4, -0.2) is 47.4 Å². The number of allylic oxidation sites excluding steroid dienone is 7. The van der Waals surface area contributed by atoms with E-state index in [1.807, 2.05) is 6.08 Å². The molecule has 0 fully saturated rings. The minimum absolute atomic E-state index is 0.00455. The van der Waals surface area contributed by atoms with Crippen LogP contribution < -0.4 is 5.32 Å². The SMILES string of the molecule is CCCCCCC/C=C\CCCCCCCC(=O)OCCCCCCCCCCC/C=C\C/C=C\CCCCCCCCCCCCCCCCCC(=O)NC(CO)C(O)/C=C/CCCCCCCCCCCCCCCCCCCC. The molecular formula is C76H143NO5. The summed E-state index contributed by atoms with van der Waals surface area (Å²) < 4.78 is 5.48. The Kier molecular flexibility index (Phi) is 69.4. The normalized spacial score (nSPS) is 12.8. The second kappa shape index (κ2) is 71.3. The lowest BCUT2D eigenvalue weighted by molar-refractivity contribution is -0.143. The number of aliphatic hydroxyl groups excluding tert-OH is 2. The molecule has 0 aromatic heterocycles. The average molecular weight is 1150 g/mol. The number of esters is 1. The van der Waals surface area contributed by atoms with Crippen molar-refractivity contribution in [3.8, 4) is 0 Å². The van der Waals surface area contributed by atoms with Crippen LogP contribution in [0.25, 0.3) is 0 Å². The Bertz CT molecular complexity index is 1370. The Balaban J connectivity index is 3.42. The van der Waals surface area contributed by atoms with Gasteiger partial charge in [0.15, 0.2) is 0 Å². The van der Waals surface area contributed by atoms with E-state index in [0.29, 0.717) is 19.4 Å². The molecule has 0 saturated heterocycles. The summed E-state index contributed by atoms with van der Waals surface area (Å²) in [6.07, 6.45) is 93.5. The third-order valence-electron chi connectivity index (χ3n) is 17.1. The van der Waals surface area contributed by atoms with Crippen LogP contribution in [-0.2, 0) is 14.3 Å². The minimum Gasteiger partial charge on any atom is -0.466 e. The van der Waals surface area contributed by atoms with Gasteiger partial charge in [0, 0.05) is 12.8 Å². The van der Waals surface area contributed by atoms with Crippen molar-refractivity contribution in [3.63, 3.8) is 0 Å². The van der Waals surface area contributed by atoms with Crippen LogP contribution in [0.3, 0.4) is 0 Å². The van der Waals surface area contributed by atoms with E-state index in [2.05, 4.69) is 55.6 Å². The predicted octanol–water partition coefficient (Wildman–Crippen LogP) is 24.0. The lowest BCUT2D eigenvalue weighted by Gasteiger charge is -2.20. The van der Waals surface area contributed by atoms with Gasteiger partial charge in [-0.3, -0.25) is 9.59 Å². The van der Waals surface area contributed by atoms with E-state index in [-0.39, 0.29) is 18.5 Å². The molecule has 0 aliphatic carbocycles. The number of nitrogens with one attached hydrogen (secondary N) is 1. The number of hydrogen-bond acceptors (Lipinski definition) is 5. The number of unbranched alkanes of at least 4 members (excludes halogenated alkanes) is 52. The van der Waals surface area contributed by atoms with Gasteiger partial charge in [0.1, 0.15) is 0 Å². The topological polar surface area (TPSA) is 95.9 Å². The van der Waals surface area contributed by atoms with E-state index in [9.17, 15) is 19.8 Å². The number of carbonyl (C=O) groups excluding carboxylic acids is 2. The highest BCUT2D eigenvalue weighted by atomic mass is 16.5. The van der Waals surface area contributed by atoms with Crippen LogP contribution in [0.15, 0.2) is 48.6 Å². The molecule has 2 unspecified atom stereocenters. The van der Waals surface area contributed by atoms with Crippen LogP contribution in [0.1, 0.15) is 399 Å². The van der Waals surface area contributed by atoms with Crippen molar-refractivity contribution >= 4 is 11.9 Å². The molecular weight excluding hydrogens is 1010 g/mol. The van der Waals surface area contributed by atoms with Gasteiger partial charge in [0.05, 0.1) is 25.4 Å². The van der Waals surface area contributed by atoms with Crippen LogP contribution in [0.4, 0.5) is 0 Å². The summed E-state index contributed by atoms with van der Waals surface area (Å²) in [5.74, 6) is -0.0595. The van der Waals surface area contributed by atoms with E-state index in [0.717, 1.165) is 51.4 Å². The zero-order valence-corrected chi connectivity index (χ0v) is 55.2. The second-order valence-electron chi connectivity index (χ2n) is 25.3. The Morgan fingerprint density at radius 1 is 0.341 bits per heavy atom. The molecule has 0 radical (unpaired) electrons. The third kappa shape index (κ3) is 67.0. The van der Waals surface area contributed by atoms with Crippen molar-refractivity contribution in [1.29, 1.82) is 0 Å². The van der Waals surface area contributed by atoms with Crippen molar-refractivity contribution in [2.24, 2.45) is 0 Å². The summed E-state index contributed by atoms with van der Waals surface area (Å²) in [4.78, 5) is 24.6. The van der Waals surface area contributed by atoms with E-state index in [1.54, 1.807) is 6.08 Å². The van der Waals surface area contributed by atoms with Crippen molar-refractivity contribution in [2.45, 2.75) is 411 Å². The highest BCUT2D eigenvalue weighted by Crippen LogP contribution is 2.18. The number of aliphatic hydroxyl groups is 2. The van der Waals surface area contributed by atoms with Gasteiger partial charge in [-0.15, -0.1) is 0 Å². The first-order valence-electron chi connectivity index (χ1n) is 36.9. The number of rotatable bonds is 69. The first kappa shape index (κ1) is 79.8. The fourth-order valence-electron chi connectivity index (χ4n) is 11.4. The molecule has 6 heteroatoms. The average Bonchev–Trinajstić information content (AvgIpc) is 3.48. The van der Waals surface area contributed by atoms with Crippen molar-refractivity contribution < 1.29 is 24.5 Å². The summed E-state index contributed by atoms with van der Waals surface area (Å²) in [6.45, 7) is 4.92. The summed E-state index contributed by atoms with van der Waals surface area (Å²) in [5, 5.41) is 23.3. The van der Waals surface area contributed by atoms with Gasteiger partial charge in [0.2, 0.25) is 5.91 Å². The Morgan fingerprint density at radius 3 is 0.939 bits per heavy atom. The maximum absolute atomic E-state index is 12.5. The lowest BCUT2D eigenvalue weighted by atomic mass is 10.0. The van der Waals surface area contributed by atoms with Crippen molar-refractivity contribution in [3.05, 3.63) is 48.6 Å². The predicted molar refractivity (Wildman–Crippen MR) is 361 cm³/mol. The molecule has 0 aliphatic heterocycles. The number of hydrogen-bond donors (Lipinski definition) is 3. The zero-order valence-electron chi connectivity index (χ0n) is 55.2. The van der Waals surface area contributed by atoms with Crippen LogP contribution in [0.5, 0.6) is 0 Å². The molecule has 0 aromatic carbocycles. The van der Waals surface area contributed by atoms with Crippen LogP contribution in [0, 0.1) is 0 Å². The van der Waals surface area contributed by atoms with Crippen LogP contribution >= 0.6 is 0 Å². The van der Waals surface area contributed by atoms with Gasteiger partial charge >= 0.3 is 5.97 Å². The molecule has 2 atom stereocenters. The fraction of sp³-hybridized carbons (Fsp3) is 0.868. The van der Waals surface area contributed by atoms with Gasteiger partial charge < -0.3 is 20.3 Å². The van der Waals surface area contributed by atoms with Gasteiger partial charge in [-0.1, -0.05) is 345 Å². The summed E-state index contributed by atoms with van der Waals surface area (Å²) in [6, 6.07) is -0.629. The maximum Gasteiger partial charge on any atom is 0.305 e. The van der Waals surface area contributed by atoms with Gasteiger partial charge in [-0.2, -0.15) is 0 Å². The number of ether oxygens (including phenoxy) is 1. The monoisotopic (exact) mass is 1150 g/mol. The van der Waals surface area contributed by atoms with Crippen molar-refractivity contribution in [2.75, 3.05) is 13.2 Å². The highest BCUT2D eigenvalue weighted by molar-refractivity contribution is 5.76. The van der Waals surface area contributed by atoms with E-state index in [4.69, 9.17) is 4.74 Å². The largest absolute Gasteiger partial charge is 0.466 e. The number of amides is 1. The lowest BCUT2D eigenvalue weighted by Crippen LogP contribution is -2.45. The molecule has 0 spiro atoms. The zero-order chi connectivity index (χ0) is 59.2. The Morgan fingerprint density at radius 2 is 0.610 bits per heavy atom. The van der Waals surface area contributed by atoms with E-state index < -0.39 is 12.1 Å². The quantitative estimate of drug-likeness (QED) is 0.0320. The molecule has 0 rings (SSSR count). The molecule has 3 N–H and O–H groups in total. The van der Waals surface area contributed by atoms with Crippen molar-refractivity contribution in [1.82, 2.24) is 5.32 Å². The first-order valence-corrected chi connectivity index (χ1v) is 36.9. The number of carbonyl (C=O) groups is 2. The summed E-state index contributed by atoms with van der Waals surface area (Å²) >= 11 is 0. The molecule has 482 valence electrons. The fourth-order valence-corrected chi connectivity index (χ4v) is 11.4. The highest BCUT2D eigenvalue weighted by Gasteiger charge is 2.18.